The lowest BCUT2D eigenvalue weighted by molar-refractivity contribution is -0.114. The molecule has 0 spiro atoms. The first-order valence-corrected chi connectivity index (χ1v) is 9.17. The van der Waals surface area contributed by atoms with Crippen LogP contribution in [-0.2, 0) is 4.79 Å². The number of rotatable bonds is 5. The van der Waals surface area contributed by atoms with E-state index in [1.165, 1.54) is 5.01 Å². The summed E-state index contributed by atoms with van der Waals surface area (Å²) in [5.41, 5.74) is 3.57. The van der Waals surface area contributed by atoms with Crippen molar-refractivity contribution >= 4 is 46.2 Å². The first kappa shape index (κ1) is 19.3. The molecule has 0 unspecified atom stereocenters. The zero-order chi connectivity index (χ0) is 19.6. The third-order valence-electron chi connectivity index (χ3n) is 4.04. The molecule has 27 heavy (non-hydrogen) atoms. The van der Waals surface area contributed by atoms with E-state index in [-0.39, 0.29) is 5.91 Å². The van der Waals surface area contributed by atoms with Crippen molar-refractivity contribution in [2.24, 2.45) is 5.10 Å². The molecular formula is C20H20Cl2N4O. The van der Waals surface area contributed by atoms with Crippen LogP contribution in [0.15, 0.2) is 59.3 Å². The largest absolute Gasteiger partial charge is 0.383 e. The van der Waals surface area contributed by atoms with Crippen LogP contribution in [-0.4, -0.2) is 37.2 Å². The Morgan fingerprint density at radius 2 is 1.85 bits per heavy atom. The van der Waals surface area contributed by atoms with Crippen molar-refractivity contribution in [1.29, 1.82) is 0 Å². The van der Waals surface area contributed by atoms with E-state index < -0.39 is 0 Å². The molecule has 0 saturated carbocycles. The number of nitrogens with zero attached hydrogens (tertiary/aromatic N) is 3. The lowest BCUT2D eigenvalue weighted by Gasteiger charge is -2.12. The van der Waals surface area contributed by atoms with Gasteiger partial charge in [-0.3, -0.25) is 4.79 Å². The van der Waals surface area contributed by atoms with E-state index >= 15 is 0 Å². The van der Waals surface area contributed by atoms with E-state index in [0.717, 1.165) is 16.9 Å². The fourth-order valence-electron chi connectivity index (χ4n) is 2.69. The van der Waals surface area contributed by atoms with Crippen molar-refractivity contribution in [1.82, 2.24) is 4.90 Å². The highest BCUT2D eigenvalue weighted by molar-refractivity contribution is 6.37. The molecule has 0 bridgehead atoms. The lowest BCUT2D eigenvalue weighted by Crippen LogP contribution is -2.23. The molecule has 2 aromatic carbocycles. The standard InChI is InChI=1S/C20H20Cl2N4O/c1-13-9-18(17(22)10-16(13)21)23-11-19-15(12-25(2)3)20(27)26(24-19)14-7-5-4-6-8-14/h4-10,12,23H,11H2,1-3H3. The Morgan fingerprint density at radius 1 is 1.15 bits per heavy atom. The predicted octanol–water partition coefficient (Wildman–Crippen LogP) is 4.56. The number of halogens is 2. The number of hydrazone groups is 1. The summed E-state index contributed by atoms with van der Waals surface area (Å²) >= 11 is 12.4. The number of hydrogen-bond donors (Lipinski definition) is 1. The quantitative estimate of drug-likeness (QED) is 0.745. The van der Waals surface area contributed by atoms with Gasteiger partial charge in [-0.2, -0.15) is 10.1 Å². The van der Waals surface area contributed by atoms with Crippen molar-refractivity contribution in [2.75, 3.05) is 31.0 Å². The van der Waals surface area contributed by atoms with Gasteiger partial charge in [-0.05, 0) is 36.8 Å². The van der Waals surface area contributed by atoms with Gasteiger partial charge in [0.2, 0.25) is 0 Å². The number of aryl methyl sites for hydroxylation is 1. The van der Waals surface area contributed by atoms with Gasteiger partial charge >= 0.3 is 0 Å². The molecule has 1 amide bonds. The van der Waals surface area contributed by atoms with Gasteiger partial charge in [0, 0.05) is 25.3 Å². The number of hydrogen-bond acceptors (Lipinski definition) is 4. The summed E-state index contributed by atoms with van der Waals surface area (Å²) in [7, 11) is 3.74. The topological polar surface area (TPSA) is 47.9 Å². The smallest absolute Gasteiger partial charge is 0.282 e. The summed E-state index contributed by atoms with van der Waals surface area (Å²) in [6.45, 7) is 2.27. The Labute approximate surface area is 168 Å². The van der Waals surface area contributed by atoms with E-state index in [9.17, 15) is 4.79 Å². The van der Waals surface area contributed by atoms with Gasteiger partial charge in [-0.15, -0.1) is 0 Å². The number of carbonyl (C=O) groups excluding carboxylic acids is 1. The van der Waals surface area contributed by atoms with Gasteiger partial charge in [0.05, 0.1) is 34.2 Å². The van der Waals surface area contributed by atoms with Crippen LogP contribution in [0.3, 0.4) is 0 Å². The molecule has 0 aliphatic carbocycles. The second-order valence-electron chi connectivity index (χ2n) is 6.44. The highest BCUT2D eigenvalue weighted by Crippen LogP contribution is 2.29. The van der Waals surface area contributed by atoms with Gasteiger partial charge in [-0.25, -0.2) is 0 Å². The molecule has 2 aromatic rings. The molecule has 140 valence electrons. The van der Waals surface area contributed by atoms with Crippen molar-refractivity contribution in [3.05, 3.63) is 69.8 Å². The number of amides is 1. The maximum absolute atomic E-state index is 12.9. The van der Waals surface area contributed by atoms with E-state index in [0.29, 0.717) is 27.9 Å². The Morgan fingerprint density at radius 3 is 2.52 bits per heavy atom. The molecule has 0 fully saturated rings. The molecule has 1 N–H and O–H groups in total. The molecule has 1 aliphatic rings. The Hall–Kier alpha value is -2.50. The van der Waals surface area contributed by atoms with Gasteiger partial charge < -0.3 is 10.2 Å². The maximum Gasteiger partial charge on any atom is 0.282 e. The molecule has 0 atom stereocenters. The molecule has 0 radical (unpaired) electrons. The lowest BCUT2D eigenvalue weighted by atomic mass is 10.1. The summed E-state index contributed by atoms with van der Waals surface area (Å²) in [5.74, 6) is -0.162. The Bertz CT molecular complexity index is 923. The Kier molecular flexibility index (Phi) is 5.73. The van der Waals surface area contributed by atoms with Crippen molar-refractivity contribution in [2.45, 2.75) is 6.92 Å². The third-order valence-corrected chi connectivity index (χ3v) is 4.76. The summed E-state index contributed by atoms with van der Waals surface area (Å²) < 4.78 is 0. The normalized spacial score (nSPS) is 15.3. The first-order valence-electron chi connectivity index (χ1n) is 8.42. The zero-order valence-electron chi connectivity index (χ0n) is 15.3. The highest BCUT2D eigenvalue weighted by Gasteiger charge is 2.31. The molecule has 1 aliphatic heterocycles. The van der Waals surface area contributed by atoms with Crippen molar-refractivity contribution in [3.63, 3.8) is 0 Å². The van der Waals surface area contributed by atoms with Crippen LogP contribution in [0, 0.1) is 6.92 Å². The molecule has 3 rings (SSSR count). The van der Waals surface area contributed by atoms with Crippen LogP contribution in [0.1, 0.15) is 5.56 Å². The van der Waals surface area contributed by atoms with Gasteiger partial charge in [0.15, 0.2) is 0 Å². The number of anilines is 2. The Balaban J connectivity index is 1.89. The van der Waals surface area contributed by atoms with Gasteiger partial charge in [0.1, 0.15) is 0 Å². The molecule has 0 aromatic heterocycles. The summed E-state index contributed by atoms with van der Waals surface area (Å²) in [6, 6.07) is 12.9. The van der Waals surface area contributed by atoms with Crippen LogP contribution in [0.5, 0.6) is 0 Å². The number of benzene rings is 2. The molecule has 0 saturated heterocycles. The monoisotopic (exact) mass is 402 g/mol. The molecule has 1 heterocycles. The van der Waals surface area contributed by atoms with Crippen molar-refractivity contribution in [3.8, 4) is 0 Å². The van der Waals surface area contributed by atoms with Gasteiger partial charge in [0.25, 0.3) is 5.91 Å². The SMILES string of the molecule is Cc1cc(NCC2=NN(c3ccccc3)C(=O)C2=CN(C)C)c(Cl)cc1Cl. The van der Waals surface area contributed by atoms with Crippen LogP contribution < -0.4 is 10.3 Å². The third kappa shape index (κ3) is 4.26. The van der Waals surface area contributed by atoms with Crippen molar-refractivity contribution < 1.29 is 4.79 Å². The first-order chi connectivity index (χ1) is 12.9. The number of para-hydroxylation sites is 1. The van der Waals surface area contributed by atoms with Crippen LogP contribution in [0.25, 0.3) is 0 Å². The van der Waals surface area contributed by atoms with E-state index in [4.69, 9.17) is 23.2 Å². The van der Waals surface area contributed by atoms with Crippen LogP contribution in [0.2, 0.25) is 10.0 Å². The molecule has 5 nitrogen and oxygen atoms in total. The second-order valence-corrected chi connectivity index (χ2v) is 7.25. The zero-order valence-corrected chi connectivity index (χ0v) is 16.8. The fourth-order valence-corrected chi connectivity index (χ4v) is 3.14. The summed E-state index contributed by atoms with van der Waals surface area (Å²) in [4.78, 5) is 14.7. The maximum atomic E-state index is 12.9. The molecular weight excluding hydrogens is 383 g/mol. The minimum absolute atomic E-state index is 0.162. The van der Waals surface area contributed by atoms with Crippen LogP contribution >= 0.6 is 23.2 Å². The van der Waals surface area contributed by atoms with Crippen LogP contribution in [0.4, 0.5) is 11.4 Å². The average Bonchev–Trinajstić information content (AvgIpc) is 2.93. The second kappa shape index (κ2) is 8.03. The summed E-state index contributed by atoms with van der Waals surface area (Å²) in [6.07, 6.45) is 1.78. The van der Waals surface area contributed by atoms with Gasteiger partial charge in [-0.1, -0.05) is 41.4 Å². The minimum Gasteiger partial charge on any atom is -0.383 e. The van der Waals surface area contributed by atoms with E-state index in [1.54, 1.807) is 12.3 Å². The average molecular weight is 403 g/mol. The molecule has 7 heteroatoms. The predicted molar refractivity (Wildman–Crippen MR) is 113 cm³/mol. The van der Waals surface area contributed by atoms with E-state index in [2.05, 4.69) is 10.4 Å². The summed E-state index contributed by atoms with van der Waals surface area (Å²) in [5, 5.41) is 10.3. The number of carbonyl (C=O) groups is 1. The number of nitrogens with one attached hydrogen (secondary N) is 1. The highest BCUT2D eigenvalue weighted by atomic mass is 35.5. The van der Waals surface area contributed by atoms with E-state index in [1.807, 2.05) is 62.3 Å². The minimum atomic E-state index is -0.162. The fraction of sp³-hybridized carbons (Fsp3) is 0.200.